The second-order valence-corrected chi connectivity index (χ2v) is 13.3. The van der Waals surface area contributed by atoms with Crippen molar-refractivity contribution in [3.8, 4) is 0 Å². The van der Waals surface area contributed by atoms with Crippen molar-refractivity contribution in [1.82, 2.24) is 19.8 Å². The average molecular weight is 630 g/mol. The van der Waals surface area contributed by atoms with E-state index in [1.165, 1.54) is 17.0 Å². The van der Waals surface area contributed by atoms with E-state index in [1.54, 1.807) is 29.2 Å². The number of carbonyl (C=O) groups excluding carboxylic acids is 4. The standard InChI is InChI=1S/C30H39N5O8S/c1-30(2,3)43-29(39)34-16-14-33(15-17-34)22-11-10-21-12-13-35(28(38)24(21)18-22)20-26(36)31-25(19-27(37)42-4)32-44(40,41)23-8-6-5-7-9-23/h5-11,18,25,32H,12-17,19-20H2,1-4H3,(H,31,36)/t25-/m0/s1. The van der Waals surface area contributed by atoms with Gasteiger partial charge in [-0.15, -0.1) is 0 Å². The summed E-state index contributed by atoms with van der Waals surface area (Å²) in [4.78, 5) is 56.0. The summed E-state index contributed by atoms with van der Waals surface area (Å²) in [6.07, 6.45) is -1.56. The third-order valence-corrected chi connectivity index (χ3v) is 8.67. The number of amides is 3. The van der Waals surface area contributed by atoms with Gasteiger partial charge >= 0.3 is 12.1 Å². The highest BCUT2D eigenvalue weighted by Crippen LogP contribution is 2.26. The highest BCUT2D eigenvalue weighted by Gasteiger charge is 2.30. The molecular formula is C30H39N5O8S. The van der Waals surface area contributed by atoms with Crippen molar-refractivity contribution in [3.63, 3.8) is 0 Å². The van der Waals surface area contributed by atoms with E-state index in [0.717, 1.165) is 18.4 Å². The second-order valence-electron chi connectivity index (χ2n) is 11.6. The van der Waals surface area contributed by atoms with Crippen molar-refractivity contribution >= 4 is 39.6 Å². The highest BCUT2D eigenvalue weighted by atomic mass is 32.2. The van der Waals surface area contributed by atoms with Crippen LogP contribution >= 0.6 is 0 Å². The molecular weight excluding hydrogens is 590 g/mol. The van der Waals surface area contributed by atoms with Gasteiger partial charge in [-0.2, -0.15) is 4.72 Å². The molecule has 2 heterocycles. The number of anilines is 1. The summed E-state index contributed by atoms with van der Waals surface area (Å²) in [5.74, 6) is -1.69. The highest BCUT2D eigenvalue weighted by molar-refractivity contribution is 7.89. The van der Waals surface area contributed by atoms with Crippen molar-refractivity contribution in [2.24, 2.45) is 0 Å². The topological polar surface area (TPSA) is 155 Å². The van der Waals surface area contributed by atoms with Gasteiger partial charge in [0, 0.05) is 44.0 Å². The molecule has 44 heavy (non-hydrogen) atoms. The molecule has 0 bridgehead atoms. The van der Waals surface area contributed by atoms with Crippen LogP contribution < -0.4 is 14.9 Å². The van der Waals surface area contributed by atoms with Crippen LogP contribution in [-0.4, -0.2) is 100 Å². The molecule has 0 radical (unpaired) electrons. The van der Waals surface area contributed by atoms with Crippen molar-refractivity contribution in [3.05, 3.63) is 59.7 Å². The maximum Gasteiger partial charge on any atom is 0.410 e. The van der Waals surface area contributed by atoms with Gasteiger partial charge in [-0.1, -0.05) is 24.3 Å². The Hall–Kier alpha value is -4.17. The number of ether oxygens (including phenoxy) is 2. The summed E-state index contributed by atoms with van der Waals surface area (Å²) in [5, 5.41) is 2.52. The van der Waals surface area contributed by atoms with Crippen LogP contribution in [0.5, 0.6) is 0 Å². The van der Waals surface area contributed by atoms with Gasteiger partial charge in [0.15, 0.2) is 0 Å². The average Bonchev–Trinajstić information content (AvgIpc) is 2.98. The molecule has 1 fully saturated rings. The van der Waals surface area contributed by atoms with Crippen LogP contribution in [0.4, 0.5) is 10.5 Å². The van der Waals surface area contributed by atoms with Gasteiger partial charge in [-0.05, 0) is 57.0 Å². The SMILES string of the molecule is COC(=O)C[C@@H](NC(=O)CN1CCc2ccc(N3CCN(C(=O)OC(C)(C)C)CC3)cc2C1=O)NS(=O)(=O)c1ccccc1. The number of hydrogen-bond acceptors (Lipinski definition) is 9. The van der Waals surface area contributed by atoms with Crippen LogP contribution in [-0.2, 0) is 35.5 Å². The third kappa shape index (κ3) is 8.47. The van der Waals surface area contributed by atoms with Gasteiger partial charge < -0.3 is 29.5 Å². The molecule has 0 unspecified atom stereocenters. The summed E-state index contributed by atoms with van der Waals surface area (Å²) in [6.45, 7) is 7.54. The number of esters is 1. The number of sulfonamides is 1. The molecule has 0 aromatic heterocycles. The molecule has 2 aromatic carbocycles. The van der Waals surface area contributed by atoms with E-state index < -0.39 is 40.1 Å². The first-order valence-electron chi connectivity index (χ1n) is 14.3. The molecule has 0 saturated carbocycles. The maximum atomic E-state index is 13.5. The quantitative estimate of drug-likeness (QED) is 0.312. The van der Waals surface area contributed by atoms with Crippen LogP contribution in [0.15, 0.2) is 53.4 Å². The van der Waals surface area contributed by atoms with Crippen molar-refractivity contribution in [2.75, 3.05) is 51.3 Å². The molecule has 4 rings (SSSR count). The van der Waals surface area contributed by atoms with Gasteiger partial charge in [0.05, 0.1) is 25.0 Å². The lowest BCUT2D eigenvalue weighted by Crippen LogP contribution is -2.52. The number of fused-ring (bicyclic) bond motifs is 1. The summed E-state index contributed by atoms with van der Waals surface area (Å²) >= 11 is 0. The maximum absolute atomic E-state index is 13.5. The Bertz CT molecular complexity index is 1480. The van der Waals surface area contributed by atoms with Crippen LogP contribution in [0.3, 0.4) is 0 Å². The van der Waals surface area contributed by atoms with Gasteiger partial charge in [0.2, 0.25) is 15.9 Å². The summed E-state index contributed by atoms with van der Waals surface area (Å²) in [5.41, 5.74) is 1.60. The van der Waals surface area contributed by atoms with E-state index in [1.807, 2.05) is 32.9 Å². The fraction of sp³-hybridized carbons (Fsp3) is 0.467. The monoisotopic (exact) mass is 629 g/mol. The van der Waals surface area contributed by atoms with E-state index >= 15 is 0 Å². The normalized spacial score (nSPS) is 16.2. The molecule has 2 aromatic rings. The van der Waals surface area contributed by atoms with Crippen molar-refractivity contribution < 1.29 is 37.1 Å². The third-order valence-electron chi connectivity index (χ3n) is 7.18. The van der Waals surface area contributed by atoms with Gasteiger partial charge in [-0.25, -0.2) is 13.2 Å². The minimum atomic E-state index is -4.06. The van der Waals surface area contributed by atoms with E-state index in [2.05, 4.69) is 19.7 Å². The van der Waals surface area contributed by atoms with Crippen molar-refractivity contribution in [1.29, 1.82) is 0 Å². The first-order valence-corrected chi connectivity index (χ1v) is 15.8. The molecule has 2 aliphatic rings. The molecule has 2 N–H and O–H groups in total. The lowest BCUT2D eigenvalue weighted by molar-refractivity contribution is -0.141. The first-order chi connectivity index (χ1) is 20.8. The summed E-state index contributed by atoms with van der Waals surface area (Å²) in [7, 11) is -2.90. The molecule has 238 valence electrons. The number of nitrogens with zero attached hydrogens (tertiary/aromatic N) is 3. The van der Waals surface area contributed by atoms with E-state index in [9.17, 15) is 27.6 Å². The van der Waals surface area contributed by atoms with Gasteiger partial charge in [-0.3, -0.25) is 14.4 Å². The predicted octanol–water partition coefficient (Wildman–Crippen LogP) is 1.73. The zero-order valence-electron chi connectivity index (χ0n) is 25.4. The zero-order chi connectivity index (χ0) is 32.1. The van der Waals surface area contributed by atoms with Crippen LogP contribution in [0.2, 0.25) is 0 Å². The van der Waals surface area contributed by atoms with Crippen LogP contribution in [0.25, 0.3) is 0 Å². The van der Waals surface area contributed by atoms with Crippen LogP contribution in [0, 0.1) is 0 Å². The zero-order valence-corrected chi connectivity index (χ0v) is 26.2. The van der Waals surface area contributed by atoms with E-state index in [4.69, 9.17) is 4.74 Å². The smallest absolute Gasteiger partial charge is 0.410 e. The fourth-order valence-corrected chi connectivity index (χ4v) is 6.14. The number of nitrogens with one attached hydrogen (secondary N) is 2. The molecule has 0 aliphatic carbocycles. The van der Waals surface area contributed by atoms with Gasteiger partial charge in [0.25, 0.3) is 5.91 Å². The molecule has 0 spiro atoms. The molecule has 14 heteroatoms. The molecule has 2 aliphatic heterocycles. The molecule has 13 nitrogen and oxygen atoms in total. The number of benzene rings is 2. The van der Waals surface area contributed by atoms with Crippen molar-refractivity contribution in [2.45, 2.75) is 50.3 Å². The van der Waals surface area contributed by atoms with Crippen LogP contribution in [0.1, 0.15) is 43.1 Å². The number of rotatable bonds is 9. The predicted molar refractivity (Wildman–Crippen MR) is 161 cm³/mol. The first kappa shape index (κ1) is 32.7. The number of hydrogen-bond donors (Lipinski definition) is 2. The summed E-state index contributed by atoms with van der Waals surface area (Å²) < 4.78 is 38.1. The van der Waals surface area contributed by atoms with E-state index in [-0.39, 0.29) is 23.4 Å². The lowest BCUT2D eigenvalue weighted by atomic mass is 9.97. The van der Waals surface area contributed by atoms with Gasteiger partial charge in [0.1, 0.15) is 11.8 Å². The number of piperazine rings is 1. The minimum Gasteiger partial charge on any atom is -0.469 e. The fourth-order valence-electron chi connectivity index (χ4n) is 4.97. The second kappa shape index (κ2) is 13.6. The number of methoxy groups -OCH3 is 1. The Morgan fingerprint density at radius 2 is 1.66 bits per heavy atom. The molecule has 1 saturated heterocycles. The Kier molecular flexibility index (Phi) is 10.1. The number of carbonyl (C=O) groups is 4. The Morgan fingerprint density at radius 1 is 0.977 bits per heavy atom. The Labute approximate surface area is 257 Å². The minimum absolute atomic E-state index is 0.0333. The Balaban J connectivity index is 1.39. The largest absolute Gasteiger partial charge is 0.469 e. The summed E-state index contributed by atoms with van der Waals surface area (Å²) in [6, 6.07) is 13.2. The van der Waals surface area contributed by atoms with E-state index in [0.29, 0.717) is 44.7 Å². The molecule has 1 atom stereocenters. The lowest BCUT2D eigenvalue weighted by Gasteiger charge is -2.37. The Morgan fingerprint density at radius 3 is 2.30 bits per heavy atom. The molecule has 3 amide bonds.